The third-order valence-electron chi connectivity index (χ3n) is 6.47. The first kappa shape index (κ1) is 22.8. The fourth-order valence-corrected chi connectivity index (χ4v) is 7.22. The second-order valence-electron chi connectivity index (χ2n) is 8.58. The lowest BCUT2D eigenvalue weighted by Crippen LogP contribution is -2.42. The Morgan fingerprint density at radius 2 is 1.41 bits per heavy atom. The molecule has 0 radical (unpaired) electrons. The zero-order valence-corrected chi connectivity index (χ0v) is 19.7. The summed E-state index contributed by atoms with van der Waals surface area (Å²) in [6.07, 6.45) is 2.72. The normalized spacial score (nSPS) is 20.5. The number of piperidine rings is 1. The Morgan fingerprint density at radius 3 is 1.97 bits per heavy atom. The molecule has 7 nitrogen and oxygen atoms in total. The third-order valence-corrected chi connectivity index (χ3v) is 10.3. The Kier molecular flexibility index (Phi) is 6.31. The number of benzene rings is 2. The number of hydrogen-bond acceptors (Lipinski definition) is 6. The van der Waals surface area contributed by atoms with Crippen molar-refractivity contribution in [2.75, 3.05) is 37.3 Å². The van der Waals surface area contributed by atoms with Crippen molar-refractivity contribution >= 4 is 31.3 Å². The number of sulfone groups is 2. The van der Waals surface area contributed by atoms with Crippen molar-refractivity contribution in [2.45, 2.75) is 34.7 Å². The molecule has 2 aromatic carbocycles. The summed E-state index contributed by atoms with van der Waals surface area (Å²) in [5.41, 5.74) is 1.46. The molecular weight excluding hydrogens is 448 g/mol. The summed E-state index contributed by atoms with van der Waals surface area (Å²) in [5, 5.41) is -0.827. The van der Waals surface area contributed by atoms with Gasteiger partial charge in [0.05, 0.1) is 15.4 Å². The molecule has 2 fully saturated rings. The SMILES string of the molecule is CS(=O)(=O)C1CCN(c2ccc(C(=O)N3CCC(S(=O)(=O)c4ccccc4)CC3)cc2)C1. The van der Waals surface area contributed by atoms with E-state index < -0.39 is 24.9 Å². The molecule has 2 aliphatic rings. The molecule has 1 atom stereocenters. The van der Waals surface area contributed by atoms with Crippen molar-refractivity contribution in [1.29, 1.82) is 0 Å². The van der Waals surface area contributed by atoms with Crippen LogP contribution in [0.4, 0.5) is 5.69 Å². The van der Waals surface area contributed by atoms with Crippen LogP contribution in [0.2, 0.25) is 0 Å². The molecule has 0 aliphatic carbocycles. The van der Waals surface area contributed by atoms with Crippen LogP contribution in [0.15, 0.2) is 59.5 Å². The minimum Gasteiger partial charge on any atom is -0.370 e. The molecule has 1 unspecified atom stereocenters. The van der Waals surface area contributed by atoms with Crippen molar-refractivity contribution < 1.29 is 21.6 Å². The Hall–Kier alpha value is -2.39. The minimum absolute atomic E-state index is 0.109. The second-order valence-corrected chi connectivity index (χ2v) is 13.1. The number of rotatable bonds is 5. The standard InChI is InChI=1S/C23H28N2O5S2/c1-31(27,28)22-13-16-25(17-22)19-9-7-18(8-10-19)23(26)24-14-11-21(12-15-24)32(29,30)20-5-3-2-4-6-20/h2-10,21-22H,11-17H2,1H3. The molecule has 32 heavy (non-hydrogen) atoms. The van der Waals surface area contributed by atoms with Gasteiger partial charge < -0.3 is 9.80 Å². The molecular formula is C23H28N2O5S2. The van der Waals surface area contributed by atoms with Gasteiger partial charge in [0.15, 0.2) is 19.7 Å². The van der Waals surface area contributed by atoms with Crippen LogP contribution in [0.25, 0.3) is 0 Å². The van der Waals surface area contributed by atoms with Crippen LogP contribution >= 0.6 is 0 Å². The highest BCUT2D eigenvalue weighted by molar-refractivity contribution is 7.92. The Labute approximate surface area is 189 Å². The van der Waals surface area contributed by atoms with Crippen molar-refractivity contribution in [3.8, 4) is 0 Å². The summed E-state index contributed by atoms with van der Waals surface area (Å²) in [5.74, 6) is -0.109. The van der Waals surface area contributed by atoms with E-state index in [2.05, 4.69) is 0 Å². The monoisotopic (exact) mass is 476 g/mol. The average Bonchev–Trinajstić information content (AvgIpc) is 3.30. The topological polar surface area (TPSA) is 91.8 Å². The number of nitrogens with zero attached hydrogens (tertiary/aromatic N) is 2. The van der Waals surface area contributed by atoms with Gasteiger partial charge in [-0.3, -0.25) is 4.79 Å². The van der Waals surface area contributed by atoms with E-state index in [4.69, 9.17) is 0 Å². The predicted octanol–water partition coefficient (Wildman–Crippen LogP) is 2.39. The van der Waals surface area contributed by atoms with Crippen molar-refractivity contribution in [3.05, 3.63) is 60.2 Å². The van der Waals surface area contributed by atoms with E-state index in [1.54, 1.807) is 47.4 Å². The molecule has 2 saturated heterocycles. The molecule has 0 saturated carbocycles. The van der Waals surface area contributed by atoms with E-state index in [1.807, 2.05) is 17.0 Å². The zero-order valence-electron chi connectivity index (χ0n) is 18.1. The van der Waals surface area contributed by atoms with E-state index in [-0.39, 0.29) is 11.2 Å². The van der Waals surface area contributed by atoms with Gasteiger partial charge >= 0.3 is 0 Å². The van der Waals surface area contributed by atoms with E-state index in [1.165, 1.54) is 6.26 Å². The van der Waals surface area contributed by atoms with Crippen LogP contribution < -0.4 is 4.90 Å². The number of carbonyl (C=O) groups excluding carboxylic acids is 1. The maximum Gasteiger partial charge on any atom is 0.253 e. The van der Waals surface area contributed by atoms with E-state index in [0.29, 0.717) is 55.9 Å². The average molecular weight is 477 g/mol. The highest BCUT2D eigenvalue weighted by Crippen LogP contribution is 2.27. The van der Waals surface area contributed by atoms with Crippen LogP contribution in [0, 0.1) is 0 Å². The highest BCUT2D eigenvalue weighted by atomic mass is 32.2. The summed E-state index contributed by atoms with van der Waals surface area (Å²) in [6, 6.07) is 15.7. The summed E-state index contributed by atoms with van der Waals surface area (Å²) in [7, 11) is -6.45. The first-order valence-corrected chi connectivity index (χ1v) is 14.3. The summed E-state index contributed by atoms with van der Waals surface area (Å²) in [6.45, 7) is 1.95. The van der Waals surface area contributed by atoms with Crippen LogP contribution in [0.3, 0.4) is 0 Å². The van der Waals surface area contributed by atoms with Gasteiger partial charge in [-0.05, 0) is 55.7 Å². The van der Waals surface area contributed by atoms with Crippen molar-refractivity contribution in [2.24, 2.45) is 0 Å². The lowest BCUT2D eigenvalue weighted by atomic mass is 10.1. The number of likely N-dealkylation sites (tertiary alicyclic amines) is 1. The Bertz CT molecular complexity index is 1170. The minimum atomic E-state index is -3.39. The molecule has 2 heterocycles. The molecule has 0 N–H and O–H groups in total. The van der Waals surface area contributed by atoms with E-state index in [9.17, 15) is 21.6 Å². The van der Waals surface area contributed by atoms with Gasteiger partial charge in [-0.25, -0.2) is 16.8 Å². The van der Waals surface area contributed by atoms with Gasteiger partial charge in [-0.2, -0.15) is 0 Å². The molecule has 0 spiro atoms. The van der Waals surface area contributed by atoms with Crippen LogP contribution in [0.1, 0.15) is 29.6 Å². The number of amides is 1. The summed E-state index contributed by atoms with van der Waals surface area (Å²) in [4.78, 5) is 17.0. The molecule has 1 amide bonds. The molecule has 9 heteroatoms. The Balaban J connectivity index is 1.37. The first-order chi connectivity index (χ1) is 15.2. The lowest BCUT2D eigenvalue weighted by Gasteiger charge is -2.32. The molecule has 4 rings (SSSR count). The van der Waals surface area contributed by atoms with Gasteiger partial charge in [-0.15, -0.1) is 0 Å². The van der Waals surface area contributed by atoms with E-state index >= 15 is 0 Å². The van der Waals surface area contributed by atoms with Gasteiger partial charge in [0.2, 0.25) is 0 Å². The summed E-state index contributed by atoms with van der Waals surface area (Å²) < 4.78 is 49.2. The zero-order chi connectivity index (χ0) is 22.9. The van der Waals surface area contributed by atoms with Crippen molar-refractivity contribution in [3.63, 3.8) is 0 Å². The van der Waals surface area contributed by atoms with Gasteiger partial charge in [0.25, 0.3) is 5.91 Å². The molecule has 2 aliphatic heterocycles. The van der Waals surface area contributed by atoms with Crippen molar-refractivity contribution in [1.82, 2.24) is 4.90 Å². The molecule has 172 valence electrons. The number of carbonyl (C=O) groups is 1. The number of anilines is 1. The predicted molar refractivity (Wildman–Crippen MR) is 124 cm³/mol. The first-order valence-electron chi connectivity index (χ1n) is 10.8. The lowest BCUT2D eigenvalue weighted by molar-refractivity contribution is 0.0725. The largest absolute Gasteiger partial charge is 0.370 e. The Morgan fingerprint density at radius 1 is 0.812 bits per heavy atom. The quantitative estimate of drug-likeness (QED) is 0.658. The maximum absolute atomic E-state index is 12.9. The number of hydrogen-bond donors (Lipinski definition) is 0. The summed E-state index contributed by atoms with van der Waals surface area (Å²) >= 11 is 0. The van der Waals surface area contributed by atoms with Crippen LogP contribution in [-0.2, 0) is 19.7 Å². The maximum atomic E-state index is 12.9. The smallest absolute Gasteiger partial charge is 0.253 e. The fraction of sp³-hybridized carbons (Fsp3) is 0.435. The van der Waals surface area contributed by atoms with Gasteiger partial charge in [0.1, 0.15) is 0 Å². The van der Waals surface area contributed by atoms with Gasteiger partial charge in [-0.1, -0.05) is 18.2 Å². The molecule has 2 aromatic rings. The molecule has 0 bridgehead atoms. The van der Waals surface area contributed by atoms with E-state index in [0.717, 1.165) is 5.69 Å². The fourth-order valence-electron chi connectivity index (χ4n) is 4.48. The highest BCUT2D eigenvalue weighted by Gasteiger charge is 2.33. The molecule has 0 aromatic heterocycles. The van der Waals surface area contributed by atoms with Gasteiger partial charge in [0, 0.05) is 43.7 Å². The van der Waals surface area contributed by atoms with Crippen LogP contribution in [0.5, 0.6) is 0 Å². The van der Waals surface area contributed by atoms with Crippen LogP contribution in [-0.4, -0.2) is 70.6 Å². The second kappa shape index (κ2) is 8.86. The third kappa shape index (κ3) is 4.68.